The van der Waals surface area contributed by atoms with Gasteiger partial charge in [0.05, 0.1) is 11.4 Å². The lowest BCUT2D eigenvalue weighted by Crippen LogP contribution is -2.15. The van der Waals surface area contributed by atoms with Gasteiger partial charge in [-0.25, -0.2) is 4.98 Å². The number of thioether (sulfide) groups is 1. The number of halogens is 1. The zero-order valence-electron chi connectivity index (χ0n) is 12.7. The molecule has 6 nitrogen and oxygen atoms in total. The van der Waals surface area contributed by atoms with E-state index in [2.05, 4.69) is 38.9 Å². The lowest BCUT2D eigenvalue weighted by Gasteiger charge is -2.12. The number of carbonyl (C=O) groups is 1. The van der Waals surface area contributed by atoms with Gasteiger partial charge < -0.3 is 9.88 Å². The number of carbonyl (C=O) groups excluding carboxylic acids is 1. The third-order valence-electron chi connectivity index (χ3n) is 2.93. The van der Waals surface area contributed by atoms with Gasteiger partial charge in [-0.3, -0.25) is 4.79 Å². The number of hydrogen-bond donors (Lipinski definition) is 1. The number of aromatic nitrogens is 4. The van der Waals surface area contributed by atoms with Crippen molar-refractivity contribution in [2.75, 3.05) is 11.1 Å². The van der Waals surface area contributed by atoms with Crippen LogP contribution in [0.1, 0.15) is 32.6 Å². The fourth-order valence-electron chi connectivity index (χ4n) is 1.96. The average molecular weight is 340 g/mol. The zero-order valence-corrected chi connectivity index (χ0v) is 14.3. The Bertz CT molecular complexity index is 658. The summed E-state index contributed by atoms with van der Waals surface area (Å²) in [5.41, 5.74) is 0.509. The van der Waals surface area contributed by atoms with Crippen LogP contribution >= 0.6 is 23.4 Å². The minimum atomic E-state index is -0.156. The number of aryl methyl sites for hydroxylation is 1. The number of amides is 1. The number of nitrogens with one attached hydrogen (secondary N) is 1. The van der Waals surface area contributed by atoms with Gasteiger partial charge in [-0.2, -0.15) is 0 Å². The van der Waals surface area contributed by atoms with Gasteiger partial charge in [0.1, 0.15) is 5.82 Å². The average Bonchev–Trinajstić information content (AvgIpc) is 2.91. The summed E-state index contributed by atoms with van der Waals surface area (Å²) in [6.45, 7) is 6.18. The van der Waals surface area contributed by atoms with Crippen LogP contribution < -0.4 is 5.32 Å². The normalized spacial score (nSPS) is 11.0. The van der Waals surface area contributed by atoms with Gasteiger partial charge in [0.25, 0.3) is 0 Å². The topological polar surface area (TPSA) is 72.7 Å². The number of rotatable bonds is 6. The van der Waals surface area contributed by atoms with Crippen molar-refractivity contribution in [1.82, 2.24) is 19.7 Å². The lowest BCUT2D eigenvalue weighted by molar-refractivity contribution is -0.113. The Morgan fingerprint density at radius 1 is 1.45 bits per heavy atom. The summed E-state index contributed by atoms with van der Waals surface area (Å²) in [5.74, 6) is 1.00. The smallest absolute Gasteiger partial charge is 0.234 e. The molecule has 0 aliphatic carbocycles. The third kappa shape index (κ3) is 3.98. The summed E-state index contributed by atoms with van der Waals surface area (Å²) in [4.78, 5) is 15.9. The molecule has 0 spiro atoms. The van der Waals surface area contributed by atoms with E-state index in [1.807, 2.05) is 6.92 Å². The van der Waals surface area contributed by atoms with E-state index in [0.29, 0.717) is 5.69 Å². The molecular formula is C14H18ClN5OS. The molecule has 0 bridgehead atoms. The van der Waals surface area contributed by atoms with Gasteiger partial charge in [-0.1, -0.05) is 30.3 Å². The second kappa shape index (κ2) is 7.60. The molecule has 0 unspecified atom stereocenters. The Kier molecular flexibility index (Phi) is 5.79. The molecule has 1 amide bonds. The van der Waals surface area contributed by atoms with Crippen LogP contribution in [0.15, 0.2) is 23.5 Å². The first kappa shape index (κ1) is 16.8. The molecule has 0 aliphatic rings. The van der Waals surface area contributed by atoms with Crippen molar-refractivity contribution in [3.63, 3.8) is 0 Å². The monoisotopic (exact) mass is 339 g/mol. The van der Waals surface area contributed by atoms with Crippen LogP contribution in [-0.2, 0) is 11.2 Å². The van der Waals surface area contributed by atoms with E-state index in [1.54, 1.807) is 18.3 Å². The Morgan fingerprint density at radius 3 is 2.86 bits per heavy atom. The van der Waals surface area contributed by atoms with Crippen molar-refractivity contribution < 1.29 is 4.79 Å². The molecule has 0 saturated heterocycles. The van der Waals surface area contributed by atoms with E-state index in [-0.39, 0.29) is 22.9 Å². The fourth-order valence-corrected chi connectivity index (χ4v) is 3.01. The number of anilines is 1. The van der Waals surface area contributed by atoms with E-state index in [1.165, 1.54) is 11.8 Å². The molecule has 8 heteroatoms. The second-order valence-electron chi connectivity index (χ2n) is 4.89. The summed E-state index contributed by atoms with van der Waals surface area (Å²) < 4.78 is 2.05. The first-order valence-electron chi connectivity index (χ1n) is 6.99. The van der Waals surface area contributed by atoms with E-state index in [0.717, 1.165) is 17.4 Å². The van der Waals surface area contributed by atoms with E-state index in [9.17, 15) is 4.79 Å². The van der Waals surface area contributed by atoms with E-state index >= 15 is 0 Å². The molecule has 0 aromatic carbocycles. The van der Waals surface area contributed by atoms with Gasteiger partial charge in [0.2, 0.25) is 5.91 Å². The summed E-state index contributed by atoms with van der Waals surface area (Å²) >= 11 is 7.27. The molecule has 0 fully saturated rings. The maximum Gasteiger partial charge on any atom is 0.234 e. The van der Waals surface area contributed by atoms with Crippen molar-refractivity contribution >= 4 is 35.0 Å². The van der Waals surface area contributed by atoms with Crippen molar-refractivity contribution in [1.29, 1.82) is 0 Å². The predicted octanol–water partition coefficient (Wildman–Crippen LogP) is 3.20. The summed E-state index contributed by atoms with van der Waals surface area (Å²) in [5, 5.41) is 12.1. The number of nitrogens with zero attached hydrogens (tertiary/aromatic N) is 4. The van der Waals surface area contributed by atoms with Crippen molar-refractivity contribution in [2.45, 2.75) is 38.4 Å². The first-order chi connectivity index (χ1) is 10.5. The van der Waals surface area contributed by atoms with Crippen LogP contribution in [0.5, 0.6) is 0 Å². The standard InChI is InChI=1S/C14H18ClN5OS/c1-4-11-18-19-14(20(11)9(2)3)22-8-12(21)17-10-6-5-7-16-13(10)15/h5-7,9H,4,8H2,1-3H3,(H,17,21). The largest absolute Gasteiger partial charge is 0.323 e. The second-order valence-corrected chi connectivity index (χ2v) is 6.20. The highest BCUT2D eigenvalue weighted by Gasteiger charge is 2.15. The Labute approximate surface area is 138 Å². The Hall–Kier alpha value is -1.60. The fraction of sp³-hybridized carbons (Fsp3) is 0.429. The molecule has 2 aromatic rings. The highest BCUT2D eigenvalue weighted by atomic mass is 35.5. The van der Waals surface area contributed by atoms with Crippen LogP contribution in [0, 0.1) is 0 Å². The summed E-state index contributed by atoms with van der Waals surface area (Å²) in [7, 11) is 0. The molecule has 0 saturated carbocycles. The van der Waals surface area contributed by atoms with Gasteiger partial charge >= 0.3 is 0 Å². The predicted molar refractivity (Wildman–Crippen MR) is 88.4 cm³/mol. The molecule has 118 valence electrons. The van der Waals surface area contributed by atoms with E-state index < -0.39 is 0 Å². The van der Waals surface area contributed by atoms with Gasteiger partial charge in [-0.15, -0.1) is 10.2 Å². The molecule has 0 atom stereocenters. The zero-order chi connectivity index (χ0) is 16.1. The number of hydrogen-bond acceptors (Lipinski definition) is 5. The summed E-state index contributed by atoms with van der Waals surface area (Å²) in [6, 6.07) is 3.68. The molecule has 0 radical (unpaired) electrons. The highest BCUT2D eigenvalue weighted by Crippen LogP contribution is 2.23. The Morgan fingerprint density at radius 2 is 2.23 bits per heavy atom. The molecule has 22 heavy (non-hydrogen) atoms. The molecule has 0 aliphatic heterocycles. The SMILES string of the molecule is CCc1nnc(SCC(=O)Nc2cccnc2Cl)n1C(C)C. The first-order valence-corrected chi connectivity index (χ1v) is 8.36. The van der Waals surface area contributed by atoms with Crippen LogP contribution in [0.3, 0.4) is 0 Å². The minimum Gasteiger partial charge on any atom is -0.323 e. The maximum atomic E-state index is 12.0. The molecule has 2 rings (SSSR count). The van der Waals surface area contributed by atoms with Crippen molar-refractivity contribution in [3.05, 3.63) is 29.3 Å². The van der Waals surface area contributed by atoms with Crippen LogP contribution in [0.25, 0.3) is 0 Å². The van der Waals surface area contributed by atoms with Crippen molar-refractivity contribution in [2.24, 2.45) is 0 Å². The Balaban J connectivity index is 2.00. The molecule has 1 N–H and O–H groups in total. The van der Waals surface area contributed by atoms with Crippen LogP contribution in [0.4, 0.5) is 5.69 Å². The third-order valence-corrected chi connectivity index (χ3v) is 4.18. The molecule has 2 heterocycles. The van der Waals surface area contributed by atoms with Crippen LogP contribution in [0.2, 0.25) is 5.15 Å². The van der Waals surface area contributed by atoms with Gasteiger partial charge in [-0.05, 0) is 26.0 Å². The molecule has 2 aromatic heterocycles. The van der Waals surface area contributed by atoms with Gasteiger partial charge in [0, 0.05) is 18.7 Å². The lowest BCUT2D eigenvalue weighted by atomic mass is 10.3. The summed E-state index contributed by atoms with van der Waals surface area (Å²) in [6.07, 6.45) is 2.38. The van der Waals surface area contributed by atoms with Crippen molar-refractivity contribution in [3.8, 4) is 0 Å². The maximum absolute atomic E-state index is 12.0. The molecular weight excluding hydrogens is 322 g/mol. The van der Waals surface area contributed by atoms with Crippen LogP contribution in [-0.4, -0.2) is 31.4 Å². The minimum absolute atomic E-state index is 0.156. The van der Waals surface area contributed by atoms with Gasteiger partial charge in [0.15, 0.2) is 10.3 Å². The highest BCUT2D eigenvalue weighted by molar-refractivity contribution is 7.99. The quantitative estimate of drug-likeness (QED) is 0.646. The number of pyridine rings is 1. The van der Waals surface area contributed by atoms with E-state index in [4.69, 9.17) is 11.6 Å².